The van der Waals surface area contributed by atoms with E-state index in [2.05, 4.69) is 5.84 Å². The van der Waals surface area contributed by atoms with E-state index in [0.717, 1.165) is 7.41 Å². The number of nitrogens with one attached hydrogen (secondary N) is 1. The van der Waals surface area contributed by atoms with E-state index in [1.54, 1.807) is 0 Å². The van der Waals surface area contributed by atoms with Crippen LogP contribution in [0.15, 0.2) is 0 Å². The third-order valence-corrected chi connectivity index (χ3v) is 0.207. The van der Waals surface area contributed by atoms with Crippen LogP contribution in [0, 0.1) is 0 Å². The van der Waals surface area contributed by atoms with Crippen molar-refractivity contribution in [1.82, 2.24) is 5.34 Å². The maximum Gasteiger partial charge on any atom is 0.370 e. The van der Waals surface area contributed by atoms with Crippen molar-refractivity contribution in [1.29, 1.82) is 0 Å². The van der Waals surface area contributed by atoms with Crippen molar-refractivity contribution < 1.29 is 9.90 Å². The first-order valence-corrected chi connectivity index (χ1v) is 1.29. The second kappa shape index (κ2) is 2.68. The van der Waals surface area contributed by atoms with Gasteiger partial charge in [0.25, 0.3) is 5.87 Å². The van der Waals surface area contributed by atoms with Gasteiger partial charge in [0.05, 0.1) is 0 Å². The van der Waals surface area contributed by atoms with E-state index >= 15 is 0 Å². The topological polar surface area (TPSA) is 75.3 Å². The van der Waals surface area contributed by atoms with Gasteiger partial charge in [0.1, 0.15) is 0 Å². The zero-order valence-electron chi connectivity index (χ0n) is 3.01. The summed E-state index contributed by atoms with van der Waals surface area (Å²) in [6.07, 6.45) is 0. The third kappa shape index (κ3) is 3.45. The van der Waals surface area contributed by atoms with E-state index in [-0.39, 0.29) is 0 Å². The summed E-state index contributed by atoms with van der Waals surface area (Å²) in [7, 11) is 0.736. The predicted molar refractivity (Wildman–Crippen MR) is 21.1 cm³/mol. The molecular formula is CH4BN2O2. The van der Waals surface area contributed by atoms with Crippen LogP contribution in [0.1, 0.15) is 0 Å². The average Bonchev–Trinajstić information content (AvgIpc) is 1.35. The molecule has 0 bridgehead atoms. The Hall–Kier alpha value is -0.545. The molecule has 1 radical (unpaired) electrons. The Kier molecular flexibility index (Phi) is 2.44. The predicted octanol–water partition coefficient (Wildman–Crippen LogP) is -1.25. The lowest BCUT2D eigenvalue weighted by atomic mass is 9.98. The Morgan fingerprint density at radius 2 is 2.50 bits per heavy atom. The van der Waals surface area contributed by atoms with E-state index in [1.807, 2.05) is 5.34 Å². The lowest BCUT2D eigenvalue weighted by Gasteiger charge is -1.81. The van der Waals surface area contributed by atoms with Crippen molar-refractivity contribution in [2.24, 2.45) is 5.84 Å². The van der Waals surface area contributed by atoms with Crippen LogP contribution < -0.4 is 11.2 Å². The fourth-order valence-corrected chi connectivity index (χ4v) is 0.0713. The van der Waals surface area contributed by atoms with Gasteiger partial charge in [-0.05, 0) is 0 Å². The summed E-state index contributed by atoms with van der Waals surface area (Å²) in [5.74, 6) is 3.47. The zero-order valence-corrected chi connectivity index (χ0v) is 3.01. The fourth-order valence-electron chi connectivity index (χ4n) is 0.0713. The van der Waals surface area contributed by atoms with Gasteiger partial charge >= 0.3 is 7.41 Å². The van der Waals surface area contributed by atoms with E-state index in [1.165, 1.54) is 0 Å². The SMILES string of the molecule is NN[B]C(=O)O. The molecule has 0 spiro atoms. The van der Waals surface area contributed by atoms with Crippen LogP contribution in [0.2, 0.25) is 0 Å². The Morgan fingerprint density at radius 1 is 2.00 bits per heavy atom. The molecule has 33 valence electrons. The molecule has 0 heterocycles. The van der Waals surface area contributed by atoms with Gasteiger partial charge in [0.15, 0.2) is 0 Å². The Bertz CT molecular complexity index is 55.5. The molecule has 5 heteroatoms. The highest BCUT2D eigenvalue weighted by Crippen LogP contribution is 1.51. The highest BCUT2D eigenvalue weighted by molar-refractivity contribution is 6.69. The molecule has 0 aliphatic heterocycles. The highest BCUT2D eigenvalue weighted by Gasteiger charge is 1.92. The molecule has 0 aliphatic carbocycles. The van der Waals surface area contributed by atoms with Crippen molar-refractivity contribution >= 4 is 13.3 Å². The maximum atomic E-state index is 9.40. The van der Waals surface area contributed by atoms with Crippen LogP contribution in [0.25, 0.3) is 0 Å². The lowest BCUT2D eigenvalue weighted by molar-refractivity contribution is 0.219. The summed E-state index contributed by atoms with van der Waals surface area (Å²) in [6, 6.07) is 0. The number of hydrogen-bond donors (Lipinski definition) is 3. The van der Waals surface area contributed by atoms with Crippen LogP contribution in [-0.2, 0) is 0 Å². The zero-order chi connectivity index (χ0) is 4.99. The number of hydrogen-bond acceptors (Lipinski definition) is 3. The summed E-state index contributed by atoms with van der Waals surface area (Å²) < 4.78 is 0. The normalized spacial score (nSPS) is 7.50. The summed E-state index contributed by atoms with van der Waals surface area (Å²) in [4.78, 5) is 9.40. The standard InChI is InChI=1S/CH4BN2O2/c3-4-2-1(5)6/h4H,3H2,(H,5,6). The molecule has 0 atom stereocenters. The van der Waals surface area contributed by atoms with Gasteiger partial charge in [-0.3, -0.25) is 16.0 Å². The molecule has 0 fully saturated rings. The molecule has 0 aromatic rings. The van der Waals surface area contributed by atoms with Crippen LogP contribution in [0.5, 0.6) is 0 Å². The molecule has 0 aromatic heterocycles. The fraction of sp³-hybridized carbons (Fsp3) is 0. The van der Waals surface area contributed by atoms with Gasteiger partial charge in [0, 0.05) is 0 Å². The smallest absolute Gasteiger partial charge is 0.370 e. The Morgan fingerprint density at radius 3 is 2.50 bits per heavy atom. The molecule has 0 aliphatic rings. The van der Waals surface area contributed by atoms with Crippen LogP contribution in [0.3, 0.4) is 0 Å². The van der Waals surface area contributed by atoms with Gasteiger partial charge in [-0.2, -0.15) is 0 Å². The molecule has 0 aromatic carbocycles. The lowest BCUT2D eigenvalue weighted by Crippen LogP contribution is -2.31. The molecule has 0 rings (SSSR count). The van der Waals surface area contributed by atoms with E-state index in [4.69, 9.17) is 5.11 Å². The average molecular weight is 86.9 g/mol. The number of hydrazine groups is 1. The number of nitrogens with two attached hydrogens (primary N) is 1. The van der Waals surface area contributed by atoms with Crippen LogP contribution >= 0.6 is 0 Å². The largest absolute Gasteiger partial charge is 0.488 e. The van der Waals surface area contributed by atoms with Crippen molar-refractivity contribution in [2.75, 3.05) is 0 Å². The van der Waals surface area contributed by atoms with Crippen molar-refractivity contribution in [3.63, 3.8) is 0 Å². The monoisotopic (exact) mass is 87.0 g/mol. The van der Waals surface area contributed by atoms with Crippen LogP contribution in [0.4, 0.5) is 4.79 Å². The highest BCUT2D eigenvalue weighted by atomic mass is 16.4. The second-order valence-corrected chi connectivity index (χ2v) is 0.649. The quantitative estimate of drug-likeness (QED) is 0.223. The van der Waals surface area contributed by atoms with Gasteiger partial charge in [-0.25, -0.2) is 0 Å². The van der Waals surface area contributed by atoms with Gasteiger partial charge in [-0.15, -0.1) is 0 Å². The molecule has 4 N–H and O–H groups in total. The third-order valence-electron chi connectivity index (χ3n) is 0.207. The molecule has 0 amide bonds. The Labute approximate surface area is 35.6 Å². The second-order valence-electron chi connectivity index (χ2n) is 0.649. The summed E-state index contributed by atoms with van der Waals surface area (Å²) in [5, 5.41) is 9.56. The van der Waals surface area contributed by atoms with Gasteiger partial charge < -0.3 is 5.11 Å². The molecule has 0 saturated heterocycles. The molecule has 0 saturated carbocycles. The van der Waals surface area contributed by atoms with E-state index in [0.29, 0.717) is 0 Å². The number of carboxylic acid groups (broad SMARTS) is 1. The van der Waals surface area contributed by atoms with Gasteiger partial charge in [0.2, 0.25) is 0 Å². The minimum atomic E-state index is -1.07. The molecule has 0 unspecified atom stereocenters. The first-order valence-electron chi connectivity index (χ1n) is 1.29. The minimum Gasteiger partial charge on any atom is -0.488 e. The molecule has 4 nitrogen and oxygen atoms in total. The molecule has 6 heavy (non-hydrogen) atoms. The number of rotatable bonds is 2. The Balaban J connectivity index is 2.83. The van der Waals surface area contributed by atoms with Crippen molar-refractivity contribution in [2.45, 2.75) is 0 Å². The number of carbonyl (C=O) groups is 1. The van der Waals surface area contributed by atoms with Crippen molar-refractivity contribution in [3.8, 4) is 0 Å². The first-order chi connectivity index (χ1) is 2.77. The first kappa shape index (κ1) is 5.45. The van der Waals surface area contributed by atoms with E-state index < -0.39 is 5.87 Å². The van der Waals surface area contributed by atoms with E-state index in [9.17, 15) is 4.79 Å². The minimum absolute atomic E-state index is 0.736. The maximum absolute atomic E-state index is 9.40. The van der Waals surface area contributed by atoms with Crippen molar-refractivity contribution in [3.05, 3.63) is 0 Å². The summed E-state index contributed by atoms with van der Waals surface area (Å²) in [5.41, 5.74) is 0. The summed E-state index contributed by atoms with van der Waals surface area (Å²) >= 11 is 0. The summed E-state index contributed by atoms with van der Waals surface area (Å²) in [6.45, 7) is 0. The van der Waals surface area contributed by atoms with Crippen LogP contribution in [-0.4, -0.2) is 18.4 Å². The van der Waals surface area contributed by atoms with Gasteiger partial charge in [-0.1, -0.05) is 0 Å². The molecular weight excluding hydrogens is 82.8 g/mol.